The first-order valence-corrected chi connectivity index (χ1v) is 11.5. The number of thioether (sulfide) groups is 1. The van der Waals surface area contributed by atoms with Gasteiger partial charge >= 0.3 is 0 Å². The molecule has 0 radical (unpaired) electrons. The summed E-state index contributed by atoms with van der Waals surface area (Å²) in [5.74, 6) is 0. The molecule has 6 heteroatoms. The van der Waals surface area contributed by atoms with Crippen molar-refractivity contribution in [1.29, 1.82) is 0 Å². The fraction of sp³-hybridized carbons (Fsp3) is 0.261. The zero-order chi connectivity index (χ0) is 19.8. The van der Waals surface area contributed by atoms with Crippen molar-refractivity contribution in [3.63, 3.8) is 0 Å². The largest absolute Gasteiger partial charge is 0.395 e. The second-order valence-electron chi connectivity index (χ2n) is 7.20. The molecule has 0 amide bonds. The molecule has 0 saturated carbocycles. The van der Waals surface area contributed by atoms with Gasteiger partial charge in [0.2, 0.25) is 5.52 Å². The van der Waals surface area contributed by atoms with Crippen molar-refractivity contribution >= 4 is 44.6 Å². The third-order valence-corrected chi connectivity index (χ3v) is 7.91. The predicted molar refractivity (Wildman–Crippen MR) is 120 cm³/mol. The molecule has 0 saturated heterocycles. The first-order chi connectivity index (χ1) is 14.3. The van der Waals surface area contributed by atoms with Crippen molar-refractivity contribution in [2.75, 3.05) is 24.7 Å². The van der Waals surface area contributed by atoms with Gasteiger partial charge in [-0.25, -0.2) is 0 Å². The summed E-state index contributed by atoms with van der Waals surface area (Å²) >= 11 is 3.61. The Morgan fingerprint density at radius 3 is 2.66 bits per heavy atom. The Balaban J connectivity index is 1.57. The number of rotatable bonds is 5. The molecule has 0 bridgehead atoms. The third-order valence-electron chi connectivity index (χ3n) is 5.42. The van der Waals surface area contributed by atoms with Gasteiger partial charge in [0.25, 0.3) is 5.01 Å². The Kier molecular flexibility index (Phi) is 5.18. The van der Waals surface area contributed by atoms with E-state index in [1.807, 2.05) is 0 Å². The second-order valence-corrected chi connectivity index (χ2v) is 9.26. The van der Waals surface area contributed by atoms with E-state index in [-0.39, 0.29) is 13.2 Å². The average Bonchev–Trinajstić information content (AvgIpc) is 3.45. The van der Waals surface area contributed by atoms with E-state index in [1.54, 1.807) is 23.1 Å². The lowest BCUT2D eigenvalue weighted by atomic mass is 10.2. The van der Waals surface area contributed by atoms with Crippen molar-refractivity contribution in [1.82, 2.24) is 0 Å². The van der Waals surface area contributed by atoms with Crippen LogP contribution in [-0.4, -0.2) is 30.0 Å². The Morgan fingerprint density at radius 1 is 0.966 bits per heavy atom. The molecular formula is C23H23N2O2S2+. The van der Waals surface area contributed by atoms with Gasteiger partial charge in [-0.05, 0) is 42.7 Å². The summed E-state index contributed by atoms with van der Waals surface area (Å²) in [5, 5.41) is 21.7. The van der Waals surface area contributed by atoms with Crippen LogP contribution in [0, 0.1) is 0 Å². The SMILES string of the molecule is OCCN1C(=C2C=C(c3sc4ccccc4[n+]3CCO)CC2)Sc2ccccc21. The van der Waals surface area contributed by atoms with Gasteiger partial charge in [0.05, 0.1) is 17.3 Å². The molecule has 0 atom stereocenters. The molecule has 0 unspecified atom stereocenters. The van der Waals surface area contributed by atoms with Crippen molar-refractivity contribution in [2.24, 2.45) is 0 Å². The van der Waals surface area contributed by atoms with E-state index >= 15 is 0 Å². The molecule has 5 rings (SSSR count). The molecular weight excluding hydrogens is 400 g/mol. The van der Waals surface area contributed by atoms with Crippen LogP contribution in [0.25, 0.3) is 15.8 Å². The van der Waals surface area contributed by atoms with E-state index in [4.69, 9.17) is 0 Å². The lowest BCUT2D eigenvalue weighted by molar-refractivity contribution is -0.670. The van der Waals surface area contributed by atoms with Gasteiger partial charge in [-0.3, -0.25) is 0 Å². The summed E-state index contributed by atoms with van der Waals surface area (Å²) in [6.45, 7) is 1.49. The number of hydrogen-bond acceptors (Lipinski definition) is 5. The fourth-order valence-corrected chi connectivity index (χ4v) is 6.61. The number of aromatic nitrogens is 1. The van der Waals surface area contributed by atoms with Crippen LogP contribution < -0.4 is 9.47 Å². The first kappa shape index (κ1) is 18.9. The summed E-state index contributed by atoms with van der Waals surface area (Å²) in [5.41, 5.74) is 5.05. The molecule has 148 valence electrons. The molecule has 3 aromatic rings. The fourth-order valence-electron chi connectivity index (χ4n) is 4.15. The lowest BCUT2D eigenvalue weighted by Gasteiger charge is -2.20. The number of nitrogens with zero attached hydrogens (tertiary/aromatic N) is 2. The van der Waals surface area contributed by atoms with Gasteiger partial charge in [0.1, 0.15) is 11.3 Å². The minimum absolute atomic E-state index is 0.134. The van der Waals surface area contributed by atoms with Crippen LogP contribution in [0.4, 0.5) is 5.69 Å². The number of benzene rings is 2. The van der Waals surface area contributed by atoms with Crippen molar-refractivity contribution in [3.8, 4) is 0 Å². The standard InChI is InChI=1S/C23H23N2O2S2/c26-13-11-24-18-5-1-3-7-20(18)28-22(24)16-9-10-17(15-16)23-25(12-14-27)19-6-2-4-8-21(19)29-23/h1-8,15,26-27H,9-14H2/q+1. The van der Waals surface area contributed by atoms with Gasteiger partial charge < -0.3 is 15.1 Å². The molecule has 2 heterocycles. The van der Waals surface area contributed by atoms with Gasteiger partial charge in [-0.15, -0.1) is 0 Å². The Labute approximate surface area is 178 Å². The van der Waals surface area contributed by atoms with Gasteiger partial charge in [0.15, 0.2) is 6.54 Å². The van der Waals surface area contributed by atoms with Gasteiger partial charge in [0, 0.05) is 23.1 Å². The maximum Gasteiger partial charge on any atom is 0.266 e. The van der Waals surface area contributed by atoms with Crippen molar-refractivity contribution in [2.45, 2.75) is 24.3 Å². The molecule has 0 fully saturated rings. The lowest BCUT2D eigenvalue weighted by Crippen LogP contribution is -2.37. The third kappa shape index (κ3) is 3.30. The molecule has 1 aromatic heterocycles. The van der Waals surface area contributed by atoms with Crippen molar-refractivity contribution < 1.29 is 14.8 Å². The Hall–Kier alpha value is -2.12. The summed E-state index contributed by atoms with van der Waals surface area (Å²) in [4.78, 5) is 3.50. The normalized spacial score (nSPS) is 18.6. The number of hydrogen-bond donors (Lipinski definition) is 2. The van der Waals surface area contributed by atoms with Crippen LogP contribution in [0.3, 0.4) is 0 Å². The zero-order valence-corrected chi connectivity index (χ0v) is 17.7. The highest BCUT2D eigenvalue weighted by Crippen LogP contribution is 2.49. The number of aliphatic hydroxyl groups is 2. The van der Waals surface area contributed by atoms with E-state index in [0.29, 0.717) is 13.1 Å². The summed E-state index contributed by atoms with van der Waals surface area (Å²) in [6, 6.07) is 16.8. The molecule has 2 N–H and O–H groups in total. The summed E-state index contributed by atoms with van der Waals surface area (Å²) in [6.07, 6.45) is 4.33. The topological polar surface area (TPSA) is 47.6 Å². The summed E-state index contributed by atoms with van der Waals surface area (Å²) < 4.78 is 3.50. The van der Waals surface area contributed by atoms with Crippen molar-refractivity contribution in [3.05, 3.63) is 70.2 Å². The highest BCUT2D eigenvalue weighted by Gasteiger charge is 2.31. The van der Waals surface area contributed by atoms with Crippen LogP contribution in [-0.2, 0) is 6.54 Å². The molecule has 1 aliphatic carbocycles. The number of fused-ring (bicyclic) bond motifs is 2. The van der Waals surface area contributed by atoms with E-state index < -0.39 is 0 Å². The molecule has 0 spiro atoms. The van der Waals surface area contributed by atoms with Gasteiger partial charge in [-0.2, -0.15) is 4.57 Å². The number of allylic oxidation sites excluding steroid dienone is 3. The molecule has 1 aliphatic heterocycles. The van der Waals surface area contributed by atoms with Crippen LogP contribution in [0.15, 0.2) is 70.1 Å². The molecule has 29 heavy (non-hydrogen) atoms. The Bertz CT molecular complexity index is 1130. The van der Waals surface area contributed by atoms with Crippen LogP contribution in [0.1, 0.15) is 17.8 Å². The second kappa shape index (κ2) is 7.95. The van der Waals surface area contributed by atoms with Crippen LogP contribution in [0.5, 0.6) is 0 Å². The maximum atomic E-state index is 9.60. The average molecular weight is 424 g/mol. The van der Waals surface area contributed by atoms with Crippen LogP contribution >= 0.6 is 23.1 Å². The number of β-amino-alcohol motifs (C(OH)–C–C–N with tert-alkyl or cyclic N) is 1. The monoisotopic (exact) mass is 423 g/mol. The van der Waals surface area contributed by atoms with E-state index in [9.17, 15) is 10.2 Å². The highest BCUT2D eigenvalue weighted by molar-refractivity contribution is 8.03. The molecule has 4 nitrogen and oxygen atoms in total. The number of aliphatic hydroxyl groups excluding tert-OH is 2. The van der Waals surface area contributed by atoms with E-state index in [1.165, 1.54) is 42.0 Å². The van der Waals surface area contributed by atoms with E-state index in [2.05, 4.69) is 64.1 Å². The quantitative estimate of drug-likeness (QED) is 0.605. The number of anilines is 1. The minimum Gasteiger partial charge on any atom is -0.395 e. The maximum absolute atomic E-state index is 9.60. The number of thiazole rings is 1. The van der Waals surface area contributed by atoms with Crippen LogP contribution in [0.2, 0.25) is 0 Å². The van der Waals surface area contributed by atoms with Gasteiger partial charge in [-0.1, -0.05) is 47.4 Å². The highest BCUT2D eigenvalue weighted by atomic mass is 32.2. The predicted octanol–water partition coefficient (Wildman–Crippen LogP) is 4.17. The smallest absolute Gasteiger partial charge is 0.266 e. The molecule has 2 aromatic carbocycles. The first-order valence-electron chi connectivity index (χ1n) is 9.91. The molecule has 2 aliphatic rings. The number of para-hydroxylation sites is 2. The zero-order valence-electron chi connectivity index (χ0n) is 16.0. The van der Waals surface area contributed by atoms with E-state index in [0.717, 1.165) is 12.8 Å². The minimum atomic E-state index is 0.134. The Morgan fingerprint density at radius 2 is 1.79 bits per heavy atom. The summed E-state index contributed by atoms with van der Waals surface area (Å²) in [7, 11) is 0.